The average molecular weight is 708 g/mol. The van der Waals surface area contributed by atoms with Gasteiger partial charge in [-0.3, -0.25) is 14.4 Å². The fourth-order valence-corrected chi connectivity index (χ4v) is 9.33. The zero-order valence-electron chi connectivity index (χ0n) is 29.6. The van der Waals surface area contributed by atoms with Crippen LogP contribution in [-0.2, 0) is 17.8 Å². The molecular weight excluding hydrogens is 666 g/mol. The molecule has 52 heavy (non-hydrogen) atoms. The maximum atomic E-state index is 14.6. The van der Waals surface area contributed by atoms with Gasteiger partial charge >= 0.3 is 0 Å². The number of fused-ring (bicyclic) bond motifs is 3. The highest BCUT2D eigenvalue weighted by Gasteiger charge is 2.69. The normalized spacial score (nSPS) is 24.7. The van der Waals surface area contributed by atoms with Crippen LogP contribution in [0, 0.1) is 11.3 Å². The number of carbonyl (C=O) groups is 2. The molecule has 2 amide bonds. The van der Waals surface area contributed by atoms with E-state index >= 15 is 0 Å². The topological polar surface area (TPSA) is 174 Å². The third-order valence-corrected chi connectivity index (χ3v) is 12.2. The van der Waals surface area contributed by atoms with Gasteiger partial charge in [0, 0.05) is 42.6 Å². The molecule has 0 unspecified atom stereocenters. The lowest BCUT2D eigenvalue weighted by Gasteiger charge is -2.72. The van der Waals surface area contributed by atoms with E-state index < -0.39 is 0 Å². The lowest BCUT2D eigenvalue weighted by molar-refractivity contribution is -0.187. The summed E-state index contributed by atoms with van der Waals surface area (Å²) >= 11 is 0. The summed E-state index contributed by atoms with van der Waals surface area (Å²) in [6.45, 7) is 7.15. The number of amides is 2. The van der Waals surface area contributed by atoms with Crippen molar-refractivity contribution in [2.75, 3.05) is 25.1 Å². The number of nitrogens with zero attached hydrogens (tertiary/aromatic N) is 8. The third kappa shape index (κ3) is 4.66. The number of ether oxygens (including phenoxy) is 1. The van der Waals surface area contributed by atoms with Crippen LogP contribution in [0.5, 0.6) is 11.6 Å². The van der Waals surface area contributed by atoms with Gasteiger partial charge < -0.3 is 33.9 Å². The highest BCUT2D eigenvalue weighted by molar-refractivity contribution is 6.07. The summed E-state index contributed by atoms with van der Waals surface area (Å²) < 4.78 is 12.7. The number of benzene rings is 1. The summed E-state index contributed by atoms with van der Waals surface area (Å²) in [6, 6.07) is 6.12. The second kappa shape index (κ2) is 11.5. The molecule has 1 aliphatic heterocycles. The first-order chi connectivity index (χ1) is 25.0. The van der Waals surface area contributed by atoms with Crippen molar-refractivity contribution in [2.45, 2.75) is 83.5 Å². The molecule has 270 valence electrons. The predicted molar refractivity (Wildman–Crippen MR) is 190 cm³/mol. The van der Waals surface area contributed by atoms with Crippen molar-refractivity contribution in [2.24, 2.45) is 11.3 Å². The molecule has 5 fully saturated rings. The Morgan fingerprint density at radius 3 is 2.60 bits per heavy atom. The van der Waals surface area contributed by atoms with Gasteiger partial charge in [0.2, 0.25) is 17.2 Å². The van der Waals surface area contributed by atoms with Gasteiger partial charge in [-0.05, 0) is 68.1 Å². The molecule has 0 spiro atoms. The van der Waals surface area contributed by atoms with E-state index in [1.165, 1.54) is 24.4 Å². The zero-order chi connectivity index (χ0) is 36.1. The number of oxazole rings is 1. The molecular formula is C37H41N9O6. The van der Waals surface area contributed by atoms with Crippen molar-refractivity contribution >= 4 is 39.8 Å². The predicted octanol–water partition coefficient (Wildman–Crippen LogP) is 3.58. The van der Waals surface area contributed by atoms with Gasteiger partial charge in [-0.2, -0.15) is 0 Å². The number of hydrogen-bond donors (Lipinski definition) is 2. The van der Waals surface area contributed by atoms with Crippen LogP contribution in [0.15, 0.2) is 46.1 Å². The summed E-state index contributed by atoms with van der Waals surface area (Å²) in [5.74, 6) is 0.325. The molecule has 10 rings (SSSR count). The van der Waals surface area contributed by atoms with Crippen molar-refractivity contribution in [3.05, 3.63) is 58.3 Å². The summed E-state index contributed by atoms with van der Waals surface area (Å²) in [6.07, 6.45) is 7.77. The van der Waals surface area contributed by atoms with Gasteiger partial charge in [0.1, 0.15) is 29.1 Å². The van der Waals surface area contributed by atoms with Gasteiger partial charge in [0.15, 0.2) is 23.1 Å². The number of aromatic hydroxyl groups is 1. The molecule has 2 N–H and O–H groups in total. The molecule has 4 aromatic heterocycles. The molecule has 0 radical (unpaired) electrons. The Morgan fingerprint density at radius 1 is 1.10 bits per heavy atom. The molecule has 15 nitrogen and oxygen atoms in total. The van der Waals surface area contributed by atoms with Gasteiger partial charge in [-0.1, -0.05) is 20.8 Å². The number of phenolic OH excluding ortho intramolecular Hbond substituents is 1. The quantitative estimate of drug-likeness (QED) is 0.229. The SMILES string of the molecule is CCc1c(N2CCN(C(=O)c3c(O)ccc4ncoc34)[C@H]3CC[C@@H]32)c(=O)c2nn(-c3ccnc(OC)c3)nc2n1CC(=O)NC12CC(C(C)C)(C1)C2. The van der Waals surface area contributed by atoms with Crippen LogP contribution in [0.4, 0.5) is 5.69 Å². The van der Waals surface area contributed by atoms with E-state index in [4.69, 9.17) is 19.4 Å². The second-order valence-corrected chi connectivity index (χ2v) is 15.2. The highest BCUT2D eigenvalue weighted by atomic mass is 16.5. The molecule has 4 saturated carbocycles. The third-order valence-electron chi connectivity index (χ3n) is 12.2. The smallest absolute Gasteiger partial charge is 0.261 e. The molecule has 4 aliphatic carbocycles. The summed E-state index contributed by atoms with van der Waals surface area (Å²) in [7, 11) is 1.52. The number of carbonyl (C=O) groups excluding carboxylic acids is 2. The number of rotatable bonds is 9. The molecule has 1 aromatic carbocycles. The minimum atomic E-state index is -0.335. The summed E-state index contributed by atoms with van der Waals surface area (Å²) in [5.41, 5.74) is 2.92. The van der Waals surface area contributed by atoms with Gasteiger partial charge in [-0.15, -0.1) is 15.0 Å². The lowest BCUT2D eigenvalue weighted by Crippen LogP contribution is -2.76. The Kier molecular flexibility index (Phi) is 7.19. The van der Waals surface area contributed by atoms with Crippen molar-refractivity contribution in [3.8, 4) is 17.3 Å². The largest absolute Gasteiger partial charge is 0.507 e. The van der Waals surface area contributed by atoms with Crippen molar-refractivity contribution in [1.29, 1.82) is 0 Å². The van der Waals surface area contributed by atoms with Crippen LogP contribution in [0.1, 0.15) is 68.9 Å². The van der Waals surface area contributed by atoms with E-state index in [0.29, 0.717) is 65.0 Å². The van der Waals surface area contributed by atoms with Crippen LogP contribution in [0.3, 0.4) is 0 Å². The van der Waals surface area contributed by atoms with Crippen LogP contribution in [0.25, 0.3) is 28.0 Å². The van der Waals surface area contributed by atoms with Crippen LogP contribution < -0.4 is 20.4 Å². The zero-order valence-corrected chi connectivity index (χ0v) is 29.6. The Hall–Kier alpha value is -5.47. The Morgan fingerprint density at radius 2 is 1.88 bits per heavy atom. The first-order valence-corrected chi connectivity index (χ1v) is 18.0. The number of methoxy groups -OCH3 is 1. The van der Waals surface area contributed by atoms with E-state index in [-0.39, 0.29) is 63.8 Å². The van der Waals surface area contributed by atoms with Crippen molar-refractivity contribution in [1.82, 2.24) is 39.7 Å². The van der Waals surface area contributed by atoms with E-state index in [2.05, 4.69) is 34.0 Å². The number of aromatic nitrogens is 6. The molecule has 5 aromatic rings. The van der Waals surface area contributed by atoms with E-state index in [0.717, 1.165) is 32.1 Å². The van der Waals surface area contributed by atoms with Crippen LogP contribution in [-0.4, -0.2) is 89.2 Å². The van der Waals surface area contributed by atoms with Crippen molar-refractivity contribution < 1.29 is 23.8 Å². The first-order valence-electron chi connectivity index (χ1n) is 18.0. The summed E-state index contributed by atoms with van der Waals surface area (Å²) in [4.78, 5) is 56.1. The second-order valence-electron chi connectivity index (χ2n) is 15.2. The average Bonchev–Trinajstić information content (AvgIpc) is 3.75. The van der Waals surface area contributed by atoms with E-state index in [1.807, 2.05) is 11.5 Å². The molecule has 2 bridgehead atoms. The molecule has 1 saturated heterocycles. The fourth-order valence-electron chi connectivity index (χ4n) is 9.33. The number of anilines is 1. The molecule has 2 atom stereocenters. The summed E-state index contributed by atoms with van der Waals surface area (Å²) in [5, 5.41) is 23.5. The number of phenols is 1. The number of nitrogens with one attached hydrogen (secondary N) is 1. The van der Waals surface area contributed by atoms with Crippen LogP contribution in [0.2, 0.25) is 0 Å². The van der Waals surface area contributed by atoms with Gasteiger partial charge in [-0.25, -0.2) is 9.97 Å². The van der Waals surface area contributed by atoms with Gasteiger partial charge in [0.05, 0.1) is 18.8 Å². The Labute approximate surface area is 298 Å². The van der Waals surface area contributed by atoms with Crippen LogP contribution >= 0.6 is 0 Å². The lowest BCUT2D eigenvalue weighted by atomic mass is 9.36. The Balaban J connectivity index is 1.09. The molecule has 5 heterocycles. The number of pyridine rings is 2. The van der Waals surface area contributed by atoms with Crippen molar-refractivity contribution in [3.63, 3.8) is 0 Å². The number of hydrogen-bond acceptors (Lipinski definition) is 11. The van der Waals surface area contributed by atoms with E-state index in [1.54, 1.807) is 29.3 Å². The first kappa shape index (κ1) is 32.4. The maximum Gasteiger partial charge on any atom is 0.261 e. The monoisotopic (exact) mass is 707 g/mol. The maximum absolute atomic E-state index is 14.6. The minimum Gasteiger partial charge on any atom is -0.507 e. The molecule has 5 aliphatic rings. The highest BCUT2D eigenvalue weighted by Crippen LogP contribution is 2.70. The number of piperazine rings is 1. The minimum absolute atomic E-state index is 0.0191. The Bertz CT molecular complexity index is 2320. The molecule has 15 heteroatoms. The fraction of sp³-hybridized carbons (Fsp3) is 0.486. The van der Waals surface area contributed by atoms with E-state index in [9.17, 15) is 19.5 Å². The standard InChI is InChI=1S/C37H41N9O6/c1-5-23-31(43-12-13-44(25-8-7-24(25)43)35(50)29-26(47)9-6-22-33(29)52-19-39-22)32(49)30-34(42-46(41-30)21-10-11-38-28(14-21)51-4)45(23)15-27(48)40-37-16-36(17-37,18-37)20(2)3/h6,9-11,14,19-20,24-25,47H,5,7-8,12-13,15-18H2,1-4H3,(H,40,48)/t24-,25-,36?,37?/m0/s1. The van der Waals surface area contributed by atoms with Gasteiger partial charge in [0.25, 0.3) is 5.91 Å².